The fourth-order valence-electron chi connectivity index (χ4n) is 1.75. The molecule has 112 valence electrons. The Labute approximate surface area is 134 Å². The lowest BCUT2D eigenvalue weighted by Gasteiger charge is -2.10. The van der Waals surface area contributed by atoms with E-state index in [0.717, 1.165) is 40.3 Å². The molecule has 2 aromatic rings. The van der Waals surface area contributed by atoms with Gasteiger partial charge in [0.25, 0.3) is 0 Å². The van der Waals surface area contributed by atoms with Gasteiger partial charge < -0.3 is 10.6 Å². The molecule has 21 heavy (non-hydrogen) atoms. The Morgan fingerprint density at radius 2 is 1.76 bits per heavy atom. The van der Waals surface area contributed by atoms with E-state index < -0.39 is 0 Å². The molecule has 6 heteroatoms. The summed E-state index contributed by atoms with van der Waals surface area (Å²) >= 11 is 7.42. The number of thioether (sulfide) groups is 1. The second-order valence-corrected chi connectivity index (χ2v) is 5.74. The van der Waals surface area contributed by atoms with Crippen LogP contribution in [0.1, 0.15) is 18.9 Å². The van der Waals surface area contributed by atoms with Gasteiger partial charge in [0.15, 0.2) is 5.16 Å². The fourth-order valence-corrected chi connectivity index (χ4v) is 2.25. The smallest absolute Gasteiger partial charge is 0.191 e. The van der Waals surface area contributed by atoms with Crippen molar-refractivity contribution in [2.45, 2.75) is 25.0 Å². The Kier molecular flexibility index (Phi) is 6.14. The van der Waals surface area contributed by atoms with Crippen LogP contribution in [0.4, 0.5) is 11.6 Å². The van der Waals surface area contributed by atoms with Crippen LogP contribution in [0.15, 0.2) is 35.5 Å². The predicted molar refractivity (Wildman–Crippen MR) is 91.4 cm³/mol. The lowest BCUT2D eigenvalue weighted by atomic mass is 10.2. The van der Waals surface area contributed by atoms with Crippen LogP contribution in [0.25, 0.3) is 0 Å². The number of hydrogen-bond donors (Lipinski definition) is 2. The highest BCUT2D eigenvalue weighted by Gasteiger charge is 2.04. The van der Waals surface area contributed by atoms with E-state index in [1.807, 2.05) is 36.6 Å². The van der Waals surface area contributed by atoms with Crippen LogP contribution in [0.2, 0.25) is 5.02 Å². The number of nitrogens with zero attached hydrogens (tertiary/aromatic N) is 2. The number of hydrogen-bond acceptors (Lipinski definition) is 5. The third-order valence-electron chi connectivity index (χ3n) is 2.83. The van der Waals surface area contributed by atoms with Crippen LogP contribution in [0, 0.1) is 0 Å². The van der Waals surface area contributed by atoms with Crippen molar-refractivity contribution in [2.75, 3.05) is 23.4 Å². The summed E-state index contributed by atoms with van der Waals surface area (Å²) in [5.41, 5.74) is 1.16. The molecular weight excluding hydrogens is 304 g/mol. The molecule has 0 aliphatic rings. The Morgan fingerprint density at radius 1 is 1.10 bits per heavy atom. The van der Waals surface area contributed by atoms with Gasteiger partial charge in [0.05, 0.1) is 0 Å². The summed E-state index contributed by atoms with van der Waals surface area (Å²) < 4.78 is 0. The van der Waals surface area contributed by atoms with Gasteiger partial charge in [-0.15, -0.1) is 0 Å². The molecule has 0 aliphatic heterocycles. The summed E-state index contributed by atoms with van der Waals surface area (Å²) in [4.78, 5) is 8.91. The summed E-state index contributed by atoms with van der Waals surface area (Å²) in [6, 6.07) is 9.72. The van der Waals surface area contributed by atoms with E-state index in [2.05, 4.69) is 27.5 Å². The maximum Gasteiger partial charge on any atom is 0.191 e. The molecule has 0 fully saturated rings. The predicted octanol–water partition coefficient (Wildman–Crippen LogP) is 4.29. The fraction of sp³-hybridized carbons (Fsp3) is 0.333. The molecule has 0 bridgehead atoms. The minimum absolute atomic E-state index is 0.704. The highest BCUT2D eigenvalue weighted by molar-refractivity contribution is 7.98. The first-order valence-corrected chi connectivity index (χ1v) is 8.46. The quantitative estimate of drug-likeness (QED) is 0.588. The minimum Gasteiger partial charge on any atom is -0.370 e. The van der Waals surface area contributed by atoms with Gasteiger partial charge in [0.1, 0.15) is 11.6 Å². The Bertz CT molecular complexity index is 574. The summed E-state index contributed by atoms with van der Waals surface area (Å²) in [5, 5.41) is 8.12. The molecule has 1 heterocycles. The van der Waals surface area contributed by atoms with E-state index in [4.69, 9.17) is 11.6 Å². The Morgan fingerprint density at radius 3 is 2.38 bits per heavy atom. The van der Waals surface area contributed by atoms with E-state index in [-0.39, 0.29) is 0 Å². The van der Waals surface area contributed by atoms with Gasteiger partial charge in [-0.05, 0) is 30.4 Å². The van der Waals surface area contributed by atoms with E-state index in [1.54, 1.807) is 0 Å². The van der Waals surface area contributed by atoms with Crippen LogP contribution in [0.5, 0.6) is 0 Å². The van der Waals surface area contributed by atoms with Gasteiger partial charge in [-0.1, -0.05) is 42.4 Å². The van der Waals surface area contributed by atoms with Crippen molar-refractivity contribution in [1.29, 1.82) is 0 Å². The van der Waals surface area contributed by atoms with Gasteiger partial charge in [0, 0.05) is 24.2 Å². The zero-order valence-electron chi connectivity index (χ0n) is 12.2. The molecule has 0 radical (unpaired) electrons. The normalized spacial score (nSPS) is 10.4. The van der Waals surface area contributed by atoms with Gasteiger partial charge >= 0.3 is 0 Å². The summed E-state index contributed by atoms with van der Waals surface area (Å²) in [7, 11) is 0. The summed E-state index contributed by atoms with van der Waals surface area (Å²) in [5.74, 6) is 1.68. The van der Waals surface area contributed by atoms with Crippen molar-refractivity contribution in [3.63, 3.8) is 0 Å². The van der Waals surface area contributed by atoms with E-state index in [9.17, 15) is 0 Å². The summed E-state index contributed by atoms with van der Waals surface area (Å²) in [6.07, 6.45) is 3.04. The van der Waals surface area contributed by atoms with Crippen molar-refractivity contribution in [3.8, 4) is 0 Å². The second kappa shape index (κ2) is 8.10. The average Bonchev–Trinajstić information content (AvgIpc) is 2.52. The molecule has 1 aromatic heterocycles. The Hall–Kier alpha value is -1.46. The van der Waals surface area contributed by atoms with Crippen LogP contribution >= 0.6 is 23.4 Å². The third kappa shape index (κ3) is 5.10. The molecule has 0 saturated carbocycles. The molecule has 4 nitrogen and oxygen atoms in total. The molecule has 0 unspecified atom stereocenters. The van der Waals surface area contributed by atoms with Crippen molar-refractivity contribution in [3.05, 3.63) is 40.9 Å². The number of benzene rings is 1. The first-order valence-electron chi connectivity index (χ1n) is 6.86. The summed E-state index contributed by atoms with van der Waals surface area (Å²) in [6.45, 7) is 3.74. The largest absolute Gasteiger partial charge is 0.370 e. The number of nitrogens with one attached hydrogen (secondary N) is 2. The standard InChI is InChI=1S/C15H19ClN4S/c1-3-8-17-13-9-14(20-15(19-13)21-2)18-10-11-4-6-12(16)7-5-11/h4-7,9H,3,8,10H2,1-2H3,(H2,17,18,19,20). The molecular formula is C15H19ClN4S. The zero-order chi connectivity index (χ0) is 15.1. The molecule has 1 aromatic carbocycles. The van der Waals surface area contributed by atoms with E-state index in [1.165, 1.54) is 11.8 Å². The molecule has 0 amide bonds. The number of aromatic nitrogens is 2. The van der Waals surface area contributed by atoms with Gasteiger partial charge in [-0.2, -0.15) is 0 Å². The SMILES string of the molecule is CCCNc1cc(NCc2ccc(Cl)cc2)nc(SC)n1. The first kappa shape index (κ1) is 15.9. The van der Waals surface area contributed by atoms with E-state index in [0.29, 0.717) is 6.54 Å². The molecule has 0 aliphatic carbocycles. The van der Waals surface area contributed by atoms with Crippen LogP contribution in [0.3, 0.4) is 0 Å². The topological polar surface area (TPSA) is 49.8 Å². The maximum absolute atomic E-state index is 5.89. The lowest BCUT2D eigenvalue weighted by molar-refractivity contribution is 0.922. The Balaban J connectivity index is 2.05. The van der Waals surface area contributed by atoms with Crippen LogP contribution in [-0.4, -0.2) is 22.8 Å². The maximum atomic E-state index is 5.89. The van der Waals surface area contributed by atoms with Crippen molar-refractivity contribution < 1.29 is 0 Å². The van der Waals surface area contributed by atoms with Crippen molar-refractivity contribution >= 4 is 35.0 Å². The first-order chi connectivity index (χ1) is 10.2. The zero-order valence-corrected chi connectivity index (χ0v) is 13.8. The average molecular weight is 323 g/mol. The van der Waals surface area contributed by atoms with Crippen molar-refractivity contribution in [1.82, 2.24) is 9.97 Å². The highest BCUT2D eigenvalue weighted by atomic mass is 35.5. The van der Waals surface area contributed by atoms with Crippen LogP contribution in [-0.2, 0) is 6.54 Å². The molecule has 2 rings (SSSR count). The number of anilines is 2. The monoisotopic (exact) mass is 322 g/mol. The second-order valence-electron chi connectivity index (χ2n) is 4.53. The number of halogens is 1. The third-order valence-corrected chi connectivity index (χ3v) is 3.63. The van der Waals surface area contributed by atoms with Gasteiger partial charge in [-0.3, -0.25) is 0 Å². The van der Waals surface area contributed by atoms with Crippen LogP contribution < -0.4 is 10.6 Å². The molecule has 0 atom stereocenters. The molecule has 0 spiro atoms. The molecule has 2 N–H and O–H groups in total. The van der Waals surface area contributed by atoms with Gasteiger partial charge in [0.2, 0.25) is 0 Å². The highest BCUT2D eigenvalue weighted by Crippen LogP contribution is 2.18. The van der Waals surface area contributed by atoms with E-state index >= 15 is 0 Å². The minimum atomic E-state index is 0.704. The number of rotatable bonds is 7. The molecule has 0 saturated heterocycles. The van der Waals surface area contributed by atoms with Gasteiger partial charge in [-0.25, -0.2) is 9.97 Å². The lowest BCUT2D eigenvalue weighted by Crippen LogP contribution is -2.07. The van der Waals surface area contributed by atoms with Crippen molar-refractivity contribution in [2.24, 2.45) is 0 Å².